The second-order valence-electron chi connectivity index (χ2n) is 19.0. The molecule has 0 aromatic rings. The molecule has 0 radical (unpaired) electrons. The number of aliphatic hydroxyl groups excluding tert-OH is 9. The Hall–Kier alpha value is -0.600. The number of ether oxygens (including phenoxy) is 6. The summed E-state index contributed by atoms with van der Waals surface area (Å²) in [4.78, 5) is 0. The molecule has 9 N–H and O–H groups in total. The van der Waals surface area contributed by atoms with Gasteiger partial charge in [-0.05, 0) is 97.7 Å². The first kappa shape index (κ1) is 40.2. The number of aliphatic hydroxyl groups is 9. The van der Waals surface area contributed by atoms with Crippen LogP contribution in [0.4, 0.5) is 0 Å². The maximum Gasteiger partial charge on any atom is 0.197 e. The van der Waals surface area contributed by atoms with Gasteiger partial charge in [0.25, 0.3) is 0 Å². The van der Waals surface area contributed by atoms with E-state index in [0.29, 0.717) is 38.2 Å². The van der Waals surface area contributed by atoms with E-state index in [0.717, 1.165) is 25.7 Å². The lowest BCUT2D eigenvalue weighted by atomic mass is 9.43. The Bertz CT molecular complexity index is 1340. The van der Waals surface area contributed by atoms with Crippen LogP contribution in [0.3, 0.4) is 0 Å². The van der Waals surface area contributed by atoms with E-state index in [4.69, 9.17) is 28.4 Å². The molecule has 8 rings (SSSR count). The zero-order valence-electron chi connectivity index (χ0n) is 31.9. The zero-order valence-corrected chi connectivity index (χ0v) is 31.9. The van der Waals surface area contributed by atoms with Crippen molar-refractivity contribution in [2.24, 2.45) is 52.3 Å². The van der Waals surface area contributed by atoms with Crippen LogP contribution in [0.1, 0.15) is 79.1 Å². The molecule has 54 heavy (non-hydrogen) atoms. The van der Waals surface area contributed by atoms with Crippen molar-refractivity contribution >= 4 is 0 Å². The summed E-state index contributed by atoms with van der Waals surface area (Å²) < 4.78 is 37.9. The highest BCUT2D eigenvalue weighted by Crippen LogP contribution is 2.71. The first-order valence-corrected chi connectivity index (χ1v) is 20.5. The molecule has 4 saturated carbocycles. The van der Waals surface area contributed by atoms with Crippen LogP contribution in [0.15, 0.2) is 0 Å². The van der Waals surface area contributed by atoms with Crippen molar-refractivity contribution in [2.45, 2.75) is 171 Å². The second-order valence-corrected chi connectivity index (χ2v) is 19.0. The van der Waals surface area contributed by atoms with Gasteiger partial charge in [0.15, 0.2) is 18.4 Å². The van der Waals surface area contributed by atoms with Crippen molar-refractivity contribution in [3.8, 4) is 0 Å². The molecule has 0 aromatic carbocycles. The van der Waals surface area contributed by atoms with Gasteiger partial charge in [0.05, 0.1) is 38.1 Å². The topological polar surface area (TPSA) is 237 Å². The highest BCUT2D eigenvalue weighted by Gasteiger charge is 2.71. The fraction of sp³-hybridized carbons (Fsp3) is 1.00. The molecule has 1 spiro atoms. The molecule has 310 valence electrons. The monoisotopic (exact) mass is 772 g/mol. The molecule has 4 saturated heterocycles. The van der Waals surface area contributed by atoms with Gasteiger partial charge in [-0.1, -0.05) is 27.7 Å². The third-order valence-corrected chi connectivity index (χ3v) is 16.2. The molecule has 0 unspecified atom stereocenters. The van der Waals surface area contributed by atoms with Crippen molar-refractivity contribution < 1.29 is 74.4 Å². The van der Waals surface area contributed by atoms with Crippen LogP contribution in [-0.2, 0) is 28.4 Å². The molecule has 15 nitrogen and oxygen atoms in total. The van der Waals surface area contributed by atoms with Gasteiger partial charge in [-0.25, -0.2) is 0 Å². The van der Waals surface area contributed by atoms with E-state index >= 15 is 0 Å². The molecule has 4 heterocycles. The second kappa shape index (κ2) is 14.6. The zero-order chi connectivity index (χ0) is 38.6. The molecule has 4 aliphatic carbocycles. The minimum atomic E-state index is -1.59. The summed E-state index contributed by atoms with van der Waals surface area (Å²) >= 11 is 0. The summed E-state index contributed by atoms with van der Waals surface area (Å²) in [6.45, 7) is 8.39. The van der Waals surface area contributed by atoms with Gasteiger partial charge in [-0.15, -0.1) is 0 Å². The van der Waals surface area contributed by atoms with Crippen molar-refractivity contribution in [2.75, 3.05) is 19.8 Å². The Morgan fingerprint density at radius 1 is 0.648 bits per heavy atom. The molecule has 8 fully saturated rings. The number of fused-ring (bicyclic) bond motifs is 7. The van der Waals surface area contributed by atoms with E-state index < -0.39 is 98.7 Å². The lowest BCUT2D eigenvalue weighted by Gasteiger charge is -2.63. The Balaban J connectivity index is 1.07. The number of rotatable bonds is 6. The first-order chi connectivity index (χ1) is 25.6. The average Bonchev–Trinajstić information content (AvgIpc) is 3.60. The summed E-state index contributed by atoms with van der Waals surface area (Å²) in [6.07, 6.45) is -9.78. The average molecular weight is 773 g/mol. The first-order valence-electron chi connectivity index (χ1n) is 20.5. The summed E-state index contributed by atoms with van der Waals surface area (Å²) in [5.41, 5.74) is -0.330. The third-order valence-electron chi connectivity index (χ3n) is 16.2. The standard InChI is InChI=1S/C39H64O15/c1-16-9-27(42)39(49-15-16)17(2)28-24(54-39)12-21-19-11-23(51-36-34(48)32(46)30(44)26(14-41)53-36)22-10-18(5-7-37(22,3)20(19)6-8-38(21,28)4)50-35-33(47)31(45)29(43)25(13-40)52-35/h16-36,40-48H,5-15H2,1-4H3/t16-,17+,18+,19-,20+,21+,22-,23+,24+,25-,26-,27-,28+,29-,30-,31+,32+,33-,34-,35-,36-,37-,38+,39+/m1/s1. The Morgan fingerprint density at radius 3 is 1.87 bits per heavy atom. The smallest absolute Gasteiger partial charge is 0.197 e. The maximum absolute atomic E-state index is 11.3. The van der Waals surface area contributed by atoms with Crippen molar-refractivity contribution in [1.82, 2.24) is 0 Å². The fourth-order valence-corrected chi connectivity index (χ4v) is 13.4. The molecule has 0 amide bonds. The predicted molar refractivity (Wildman–Crippen MR) is 186 cm³/mol. The van der Waals surface area contributed by atoms with Crippen LogP contribution < -0.4 is 0 Å². The van der Waals surface area contributed by atoms with Crippen molar-refractivity contribution in [1.29, 1.82) is 0 Å². The quantitative estimate of drug-likeness (QED) is 0.153. The third kappa shape index (κ3) is 6.09. The predicted octanol–water partition coefficient (Wildman–Crippen LogP) is -0.616. The van der Waals surface area contributed by atoms with E-state index in [9.17, 15) is 46.0 Å². The van der Waals surface area contributed by atoms with Gasteiger partial charge < -0.3 is 74.4 Å². The van der Waals surface area contributed by atoms with Crippen LogP contribution in [-0.4, -0.2) is 157 Å². The molecule has 0 aromatic heterocycles. The van der Waals surface area contributed by atoms with Crippen molar-refractivity contribution in [3.05, 3.63) is 0 Å². The van der Waals surface area contributed by atoms with Crippen LogP contribution in [0.5, 0.6) is 0 Å². The molecule has 24 atom stereocenters. The molecular formula is C39H64O15. The Labute approximate surface area is 316 Å². The Kier molecular flexibility index (Phi) is 10.9. The number of hydrogen-bond donors (Lipinski definition) is 9. The van der Waals surface area contributed by atoms with Gasteiger partial charge in [0, 0.05) is 5.92 Å². The van der Waals surface area contributed by atoms with Gasteiger partial charge >= 0.3 is 0 Å². The summed E-state index contributed by atoms with van der Waals surface area (Å²) in [7, 11) is 0. The highest BCUT2D eigenvalue weighted by atomic mass is 16.7. The molecule has 8 aliphatic rings. The largest absolute Gasteiger partial charge is 0.394 e. The lowest BCUT2D eigenvalue weighted by Crippen LogP contribution is -2.63. The fourth-order valence-electron chi connectivity index (χ4n) is 13.4. The van der Waals surface area contributed by atoms with Crippen molar-refractivity contribution in [3.63, 3.8) is 0 Å². The lowest BCUT2D eigenvalue weighted by molar-refractivity contribution is -0.335. The van der Waals surface area contributed by atoms with E-state index in [1.165, 1.54) is 0 Å². The van der Waals surface area contributed by atoms with Gasteiger partial charge in [0.1, 0.15) is 54.9 Å². The van der Waals surface area contributed by atoms with E-state index in [2.05, 4.69) is 27.7 Å². The van der Waals surface area contributed by atoms with E-state index in [-0.39, 0.29) is 52.4 Å². The highest BCUT2D eigenvalue weighted by molar-refractivity contribution is 5.17. The molecular weight excluding hydrogens is 708 g/mol. The SMILES string of the molecule is C[C@H]1CO[C@@]2(O[C@H]3C[C@H]4[C@@H]5C[C@H](O[C@@H]6O[C@H](CO)[C@@H](O)[C@H](O)[C@H]6O)[C@H]6C[C@@H](O[C@@H]7O[C@H](CO)[C@@H](O)[C@H](O)[C@H]7O)CC[C@]6(C)[C@H]5CC[C@]4(C)[C@H]3[C@@H]2C)[C@H](O)C1. The maximum atomic E-state index is 11.3. The Morgan fingerprint density at radius 2 is 1.26 bits per heavy atom. The minimum absolute atomic E-state index is 0.000329. The van der Waals surface area contributed by atoms with Crippen LogP contribution in [0.2, 0.25) is 0 Å². The molecule has 0 bridgehead atoms. The van der Waals surface area contributed by atoms with E-state index in [1.807, 2.05) is 0 Å². The van der Waals surface area contributed by atoms with Crippen LogP contribution in [0.25, 0.3) is 0 Å². The molecule has 15 heteroatoms. The van der Waals surface area contributed by atoms with Gasteiger partial charge in [-0.3, -0.25) is 0 Å². The minimum Gasteiger partial charge on any atom is -0.394 e. The van der Waals surface area contributed by atoms with Gasteiger partial charge in [0.2, 0.25) is 0 Å². The molecule has 4 aliphatic heterocycles. The summed E-state index contributed by atoms with van der Waals surface area (Å²) in [6, 6.07) is 0. The normalized spacial score (nSPS) is 60.1. The van der Waals surface area contributed by atoms with Crippen LogP contribution in [0, 0.1) is 52.3 Å². The number of hydrogen-bond acceptors (Lipinski definition) is 15. The van der Waals surface area contributed by atoms with Crippen LogP contribution >= 0.6 is 0 Å². The van der Waals surface area contributed by atoms with Gasteiger partial charge in [-0.2, -0.15) is 0 Å². The summed E-state index contributed by atoms with van der Waals surface area (Å²) in [5, 5.41) is 94.9. The van der Waals surface area contributed by atoms with E-state index in [1.54, 1.807) is 0 Å². The summed E-state index contributed by atoms with van der Waals surface area (Å²) in [5.74, 6) is 0.156.